The second-order valence-corrected chi connectivity index (χ2v) is 7.52. The fraction of sp³-hybridized carbons (Fsp3) is 0.400. The van der Waals surface area contributed by atoms with Gasteiger partial charge in [-0.1, -0.05) is 5.10 Å². The van der Waals surface area contributed by atoms with Gasteiger partial charge < -0.3 is 38.6 Å². The van der Waals surface area contributed by atoms with Crippen LogP contribution in [0.4, 0.5) is 0 Å². The molecule has 2 aromatic carbocycles. The number of nitrogens with zero attached hydrogens (tertiary/aromatic N) is 3. The number of aromatic hydroxyl groups is 2. The summed E-state index contributed by atoms with van der Waals surface area (Å²) < 4.78 is 33.6. The van der Waals surface area contributed by atoms with Crippen LogP contribution in [0, 0.1) is 0 Å². The highest BCUT2D eigenvalue weighted by molar-refractivity contribution is 5.53. The molecule has 0 saturated carbocycles. The summed E-state index contributed by atoms with van der Waals surface area (Å²) in [5, 5.41) is 33.3. The van der Waals surface area contributed by atoms with Gasteiger partial charge in [-0.05, 0) is 36.4 Å². The van der Waals surface area contributed by atoms with Crippen molar-refractivity contribution in [2.24, 2.45) is 0 Å². The van der Waals surface area contributed by atoms with Crippen LogP contribution < -0.4 is 14.2 Å². The first kappa shape index (κ1) is 26.9. The highest BCUT2D eigenvalue weighted by Crippen LogP contribution is 2.44. The van der Waals surface area contributed by atoms with E-state index in [4.69, 9.17) is 28.4 Å². The molecule has 0 amide bonds. The number of ether oxygens (including phenoxy) is 6. The molecule has 0 aliphatic heterocycles. The Morgan fingerprint density at radius 3 is 1.86 bits per heavy atom. The Morgan fingerprint density at radius 2 is 1.36 bits per heavy atom. The molecular weight excluding hydrogens is 470 g/mol. The average molecular weight is 502 g/mol. The summed E-state index contributed by atoms with van der Waals surface area (Å²) in [4.78, 5) is 0. The van der Waals surface area contributed by atoms with Gasteiger partial charge in [-0.3, -0.25) is 0 Å². The number of hydrogen-bond donors (Lipinski definition) is 2. The lowest BCUT2D eigenvalue weighted by molar-refractivity contribution is -0.0346. The molecule has 0 bridgehead atoms. The van der Waals surface area contributed by atoms with Gasteiger partial charge >= 0.3 is 0 Å². The molecule has 0 saturated heterocycles. The van der Waals surface area contributed by atoms with Crippen molar-refractivity contribution >= 4 is 0 Å². The lowest BCUT2D eigenvalue weighted by Crippen LogP contribution is -2.40. The van der Waals surface area contributed by atoms with E-state index in [1.165, 1.54) is 38.6 Å². The minimum atomic E-state index is -1.55. The zero-order chi connectivity index (χ0) is 25.8. The molecule has 0 aliphatic rings. The maximum Gasteiger partial charge on any atom is 0.238 e. The molecule has 36 heavy (non-hydrogen) atoms. The SMILES string of the molecule is CCOCCOCCOCC(Oc1ccnnn1)(c1ccc(OC)cc1O)c1ccc(OC)cc1O. The normalized spacial score (nSPS) is 11.3. The summed E-state index contributed by atoms with van der Waals surface area (Å²) in [7, 11) is 2.99. The Morgan fingerprint density at radius 1 is 0.778 bits per heavy atom. The van der Waals surface area contributed by atoms with E-state index in [9.17, 15) is 10.2 Å². The van der Waals surface area contributed by atoms with E-state index in [2.05, 4.69) is 15.4 Å². The summed E-state index contributed by atoms with van der Waals surface area (Å²) in [5.41, 5.74) is -0.937. The zero-order valence-corrected chi connectivity index (χ0v) is 20.5. The van der Waals surface area contributed by atoms with Crippen LogP contribution in [0.15, 0.2) is 48.7 Å². The van der Waals surface area contributed by atoms with Crippen molar-refractivity contribution < 1.29 is 38.6 Å². The van der Waals surface area contributed by atoms with Gasteiger partial charge in [0.2, 0.25) is 5.88 Å². The molecule has 1 aromatic heterocycles. The molecule has 0 spiro atoms. The summed E-state index contributed by atoms with van der Waals surface area (Å²) in [6, 6.07) is 11.0. The molecule has 0 unspecified atom stereocenters. The van der Waals surface area contributed by atoms with Gasteiger partial charge in [0, 0.05) is 35.9 Å². The predicted octanol–water partition coefficient (Wildman–Crippen LogP) is 2.69. The summed E-state index contributed by atoms with van der Waals surface area (Å²) in [5.74, 6) is 0.714. The molecule has 0 fully saturated rings. The number of hydrogen-bond acceptors (Lipinski definition) is 11. The van der Waals surface area contributed by atoms with Crippen LogP contribution in [-0.2, 0) is 19.8 Å². The van der Waals surface area contributed by atoms with Crippen molar-refractivity contribution in [1.29, 1.82) is 0 Å². The van der Waals surface area contributed by atoms with Crippen LogP contribution in [0.2, 0.25) is 0 Å². The number of methoxy groups -OCH3 is 2. The Balaban J connectivity index is 2.01. The van der Waals surface area contributed by atoms with Crippen LogP contribution in [0.5, 0.6) is 28.9 Å². The topological polar surface area (TPSA) is 135 Å². The van der Waals surface area contributed by atoms with Gasteiger partial charge in [0.15, 0.2) is 5.60 Å². The third-order valence-corrected chi connectivity index (χ3v) is 5.29. The van der Waals surface area contributed by atoms with Crippen molar-refractivity contribution in [3.8, 4) is 28.9 Å². The van der Waals surface area contributed by atoms with Crippen molar-refractivity contribution in [3.63, 3.8) is 0 Å². The second-order valence-electron chi connectivity index (χ2n) is 7.52. The lowest BCUT2D eigenvalue weighted by atomic mass is 9.85. The van der Waals surface area contributed by atoms with Crippen LogP contribution >= 0.6 is 0 Å². The van der Waals surface area contributed by atoms with Gasteiger partial charge in [-0.15, -0.1) is 5.10 Å². The molecule has 0 aliphatic carbocycles. The van der Waals surface area contributed by atoms with Gasteiger partial charge in [0.1, 0.15) is 23.0 Å². The summed E-state index contributed by atoms with van der Waals surface area (Å²) in [6.07, 6.45) is 1.42. The Bertz CT molecular complexity index is 1030. The molecule has 3 rings (SSSR count). The van der Waals surface area contributed by atoms with Crippen molar-refractivity contribution in [1.82, 2.24) is 15.4 Å². The standard InChI is InChI=1S/C25H31N3O8/c1-4-33-11-12-34-13-14-35-17-25(36-24-9-10-26-28-27-24,20-7-5-18(31-2)15-22(20)29)21-8-6-19(32-3)16-23(21)30/h5-10,15-16,29-30H,4,11-14,17H2,1-3H3. The Hall–Kier alpha value is -3.67. The minimum absolute atomic E-state index is 0.104. The Kier molecular flexibility index (Phi) is 10.0. The zero-order valence-electron chi connectivity index (χ0n) is 20.5. The molecular formula is C25H31N3O8. The van der Waals surface area contributed by atoms with E-state index in [0.29, 0.717) is 49.1 Å². The molecule has 1 heterocycles. The van der Waals surface area contributed by atoms with Crippen molar-refractivity contribution in [2.45, 2.75) is 12.5 Å². The second kappa shape index (κ2) is 13.4. The van der Waals surface area contributed by atoms with Crippen LogP contribution in [-0.4, -0.2) is 79.5 Å². The fourth-order valence-corrected chi connectivity index (χ4v) is 3.56. The first-order valence-corrected chi connectivity index (χ1v) is 11.4. The van der Waals surface area contributed by atoms with E-state index in [1.54, 1.807) is 24.3 Å². The average Bonchev–Trinajstić information content (AvgIpc) is 2.90. The number of aromatic nitrogens is 3. The highest BCUT2D eigenvalue weighted by Gasteiger charge is 2.43. The van der Waals surface area contributed by atoms with Gasteiger partial charge in [0.25, 0.3) is 0 Å². The van der Waals surface area contributed by atoms with Gasteiger partial charge in [0.05, 0.1) is 53.5 Å². The number of benzene rings is 2. The van der Waals surface area contributed by atoms with E-state index in [0.717, 1.165) is 0 Å². The van der Waals surface area contributed by atoms with Crippen molar-refractivity contribution in [2.75, 3.05) is 53.9 Å². The minimum Gasteiger partial charge on any atom is -0.507 e. The number of rotatable bonds is 15. The van der Waals surface area contributed by atoms with E-state index in [-0.39, 0.29) is 30.6 Å². The number of phenolic OH excluding ortho intramolecular Hbond substituents is 2. The monoisotopic (exact) mass is 501 g/mol. The first-order valence-electron chi connectivity index (χ1n) is 11.4. The predicted molar refractivity (Wildman–Crippen MR) is 129 cm³/mol. The molecule has 2 N–H and O–H groups in total. The molecule has 3 aromatic rings. The van der Waals surface area contributed by atoms with Crippen LogP contribution in [0.25, 0.3) is 0 Å². The molecule has 0 atom stereocenters. The smallest absolute Gasteiger partial charge is 0.238 e. The molecule has 11 nitrogen and oxygen atoms in total. The molecule has 194 valence electrons. The third kappa shape index (κ3) is 6.72. The van der Waals surface area contributed by atoms with E-state index >= 15 is 0 Å². The van der Waals surface area contributed by atoms with Crippen molar-refractivity contribution in [3.05, 3.63) is 59.8 Å². The van der Waals surface area contributed by atoms with Gasteiger partial charge in [-0.25, -0.2) is 0 Å². The summed E-state index contributed by atoms with van der Waals surface area (Å²) >= 11 is 0. The Labute approximate surface area is 209 Å². The summed E-state index contributed by atoms with van der Waals surface area (Å²) in [6.45, 7) is 3.86. The lowest BCUT2D eigenvalue weighted by Gasteiger charge is -2.35. The van der Waals surface area contributed by atoms with E-state index < -0.39 is 5.60 Å². The molecule has 0 radical (unpaired) electrons. The maximum atomic E-state index is 11.0. The largest absolute Gasteiger partial charge is 0.507 e. The molecule has 11 heteroatoms. The van der Waals surface area contributed by atoms with Crippen LogP contribution in [0.3, 0.4) is 0 Å². The first-order chi connectivity index (χ1) is 17.5. The van der Waals surface area contributed by atoms with E-state index in [1.807, 2.05) is 6.92 Å². The van der Waals surface area contributed by atoms with Crippen LogP contribution in [0.1, 0.15) is 18.1 Å². The van der Waals surface area contributed by atoms with Gasteiger partial charge in [-0.2, -0.15) is 0 Å². The fourth-order valence-electron chi connectivity index (χ4n) is 3.56. The quantitative estimate of drug-likeness (QED) is 0.298. The third-order valence-electron chi connectivity index (χ3n) is 5.29. The maximum absolute atomic E-state index is 11.0. The highest BCUT2D eigenvalue weighted by atomic mass is 16.6. The number of phenols is 2.